The molecule has 1 aliphatic heterocycles. The molecule has 7 nitrogen and oxygen atoms in total. The highest BCUT2D eigenvalue weighted by molar-refractivity contribution is 7.89. The van der Waals surface area contributed by atoms with E-state index in [9.17, 15) is 31.7 Å². The van der Waals surface area contributed by atoms with Crippen LogP contribution in [0.25, 0.3) is 0 Å². The van der Waals surface area contributed by atoms with Crippen molar-refractivity contribution in [2.24, 2.45) is 0 Å². The molecule has 0 N–H and O–H groups in total. The summed E-state index contributed by atoms with van der Waals surface area (Å²) in [5, 5.41) is 11.3. The Bertz CT molecular complexity index is 1050. The topological polar surface area (TPSA) is 83.8 Å². The lowest BCUT2D eigenvalue weighted by Gasteiger charge is -2.35. The summed E-state index contributed by atoms with van der Waals surface area (Å²) >= 11 is 12.6. The third-order valence-electron chi connectivity index (χ3n) is 4.32. The number of rotatable bonds is 4. The third-order valence-corrected chi connectivity index (χ3v) is 7.97. The highest BCUT2D eigenvalue weighted by atomic mass is 35.5. The predicted molar refractivity (Wildman–Crippen MR) is 103 cm³/mol. The minimum atomic E-state index is -4.71. The molecule has 2 aromatic rings. The maximum atomic E-state index is 12.9. The Hall–Kier alpha value is -1.60. The van der Waals surface area contributed by atoms with Crippen LogP contribution >= 0.6 is 34.5 Å². The molecule has 0 amide bonds. The van der Waals surface area contributed by atoms with Gasteiger partial charge in [0.15, 0.2) is 0 Å². The summed E-state index contributed by atoms with van der Waals surface area (Å²) in [4.78, 5) is 11.7. The SMILES string of the molecule is O=[N+]([O-])c1cc(C(F)(F)F)ccc1N1CCN(S(=O)(=O)c2cc(Cl)sc2Cl)CC1. The molecule has 29 heavy (non-hydrogen) atoms. The van der Waals surface area contributed by atoms with Crippen LogP contribution in [0.5, 0.6) is 0 Å². The molecule has 1 aromatic carbocycles. The van der Waals surface area contributed by atoms with Crippen molar-refractivity contribution in [3.05, 3.63) is 48.6 Å². The second-order valence-electron chi connectivity index (χ2n) is 6.04. The zero-order valence-corrected chi connectivity index (χ0v) is 17.5. The molecular formula is C15H12Cl2F3N3O4S2. The van der Waals surface area contributed by atoms with Crippen LogP contribution in [0.1, 0.15) is 5.56 Å². The number of piperazine rings is 1. The maximum Gasteiger partial charge on any atom is 0.416 e. The van der Waals surface area contributed by atoms with E-state index in [1.807, 2.05) is 0 Å². The summed E-state index contributed by atoms with van der Waals surface area (Å²) in [5.74, 6) is 0. The second kappa shape index (κ2) is 7.91. The minimum Gasteiger partial charge on any atom is -0.363 e. The number of nitrogens with zero attached hydrogens (tertiary/aromatic N) is 3. The highest BCUT2D eigenvalue weighted by Crippen LogP contribution is 2.38. The van der Waals surface area contributed by atoms with Crippen LogP contribution in [-0.4, -0.2) is 43.8 Å². The molecule has 158 valence electrons. The van der Waals surface area contributed by atoms with E-state index in [2.05, 4.69) is 0 Å². The number of benzene rings is 1. The van der Waals surface area contributed by atoms with E-state index in [4.69, 9.17) is 23.2 Å². The van der Waals surface area contributed by atoms with Gasteiger partial charge in [-0.2, -0.15) is 17.5 Å². The van der Waals surface area contributed by atoms with Gasteiger partial charge in [0.1, 0.15) is 14.9 Å². The van der Waals surface area contributed by atoms with Crippen LogP contribution in [0, 0.1) is 10.1 Å². The number of alkyl halides is 3. The van der Waals surface area contributed by atoms with E-state index in [-0.39, 0.29) is 45.4 Å². The Kier molecular flexibility index (Phi) is 6.03. The van der Waals surface area contributed by atoms with Gasteiger partial charge in [0, 0.05) is 32.2 Å². The van der Waals surface area contributed by atoms with Gasteiger partial charge in [0.25, 0.3) is 5.69 Å². The lowest BCUT2D eigenvalue weighted by molar-refractivity contribution is -0.384. The van der Waals surface area contributed by atoms with Crippen molar-refractivity contribution in [3.8, 4) is 0 Å². The van der Waals surface area contributed by atoms with Gasteiger partial charge in [0.2, 0.25) is 10.0 Å². The molecule has 1 saturated heterocycles. The Morgan fingerprint density at radius 2 is 1.72 bits per heavy atom. The molecule has 0 bridgehead atoms. The molecule has 2 heterocycles. The number of thiophene rings is 1. The van der Waals surface area contributed by atoms with E-state index in [0.29, 0.717) is 6.07 Å². The molecule has 0 spiro atoms. The van der Waals surface area contributed by atoms with E-state index in [1.54, 1.807) is 0 Å². The largest absolute Gasteiger partial charge is 0.416 e. The van der Waals surface area contributed by atoms with Crippen molar-refractivity contribution >= 4 is 55.9 Å². The molecule has 3 rings (SSSR count). The van der Waals surface area contributed by atoms with Gasteiger partial charge in [-0.3, -0.25) is 10.1 Å². The minimum absolute atomic E-state index is 0.00309. The summed E-state index contributed by atoms with van der Waals surface area (Å²) in [6, 6.07) is 3.52. The molecule has 0 unspecified atom stereocenters. The van der Waals surface area contributed by atoms with E-state index in [0.717, 1.165) is 27.8 Å². The van der Waals surface area contributed by atoms with Gasteiger partial charge in [-0.25, -0.2) is 8.42 Å². The van der Waals surface area contributed by atoms with Crippen molar-refractivity contribution in [3.63, 3.8) is 0 Å². The van der Waals surface area contributed by atoms with Crippen molar-refractivity contribution in [1.82, 2.24) is 4.31 Å². The van der Waals surface area contributed by atoms with Gasteiger partial charge in [-0.1, -0.05) is 23.2 Å². The number of halogens is 5. The molecule has 0 saturated carbocycles. The molecule has 1 fully saturated rings. The van der Waals surface area contributed by atoms with Gasteiger partial charge >= 0.3 is 6.18 Å². The van der Waals surface area contributed by atoms with Crippen LogP contribution in [0.15, 0.2) is 29.2 Å². The average molecular weight is 490 g/mol. The van der Waals surface area contributed by atoms with Crippen LogP contribution in [0.3, 0.4) is 0 Å². The fraction of sp³-hybridized carbons (Fsp3) is 0.333. The monoisotopic (exact) mass is 489 g/mol. The van der Waals surface area contributed by atoms with Gasteiger partial charge in [-0.15, -0.1) is 11.3 Å². The number of anilines is 1. The smallest absolute Gasteiger partial charge is 0.363 e. The van der Waals surface area contributed by atoms with Crippen LogP contribution < -0.4 is 4.90 Å². The first-order valence-electron chi connectivity index (χ1n) is 7.97. The van der Waals surface area contributed by atoms with Crippen LogP contribution in [0.4, 0.5) is 24.5 Å². The molecule has 0 atom stereocenters. The van der Waals surface area contributed by atoms with E-state index in [1.165, 1.54) is 11.0 Å². The van der Waals surface area contributed by atoms with Gasteiger partial charge in [0.05, 0.1) is 14.8 Å². The summed E-state index contributed by atoms with van der Waals surface area (Å²) in [6.07, 6.45) is -4.71. The average Bonchev–Trinajstić information content (AvgIpc) is 2.99. The molecular weight excluding hydrogens is 478 g/mol. The first-order chi connectivity index (χ1) is 13.4. The summed E-state index contributed by atoms with van der Waals surface area (Å²) in [5.41, 5.74) is -1.82. The highest BCUT2D eigenvalue weighted by Gasteiger charge is 2.36. The number of hydrogen-bond donors (Lipinski definition) is 0. The predicted octanol–water partition coefficient (Wildman–Crippen LogP) is 4.49. The van der Waals surface area contributed by atoms with Crippen LogP contribution in [0.2, 0.25) is 8.67 Å². The van der Waals surface area contributed by atoms with E-state index < -0.39 is 32.4 Å². The normalized spacial score (nSPS) is 16.2. The Morgan fingerprint density at radius 3 is 2.21 bits per heavy atom. The van der Waals surface area contributed by atoms with E-state index >= 15 is 0 Å². The number of nitro groups is 1. The summed E-state index contributed by atoms with van der Waals surface area (Å²) in [7, 11) is -3.91. The molecule has 1 aliphatic rings. The summed E-state index contributed by atoms with van der Waals surface area (Å²) in [6.45, 7) is 0.0659. The number of sulfonamides is 1. The van der Waals surface area contributed by atoms with Crippen molar-refractivity contribution < 1.29 is 26.5 Å². The van der Waals surface area contributed by atoms with Crippen LogP contribution in [-0.2, 0) is 16.2 Å². The maximum absolute atomic E-state index is 12.9. The van der Waals surface area contributed by atoms with Crippen molar-refractivity contribution in [2.45, 2.75) is 11.1 Å². The zero-order chi connectivity index (χ0) is 21.6. The number of nitro benzene ring substituents is 1. The Balaban J connectivity index is 1.82. The lowest BCUT2D eigenvalue weighted by atomic mass is 10.1. The Labute approximate surface area is 177 Å². The lowest BCUT2D eigenvalue weighted by Crippen LogP contribution is -2.48. The molecule has 14 heteroatoms. The van der Waals surface area contributed by atoms with Gasteiger partial charge in [-0.05, 0) is 18.2 Å². The van der Waals surface area contributed by atoms with Crippen molar-refractivity contribution in [1.29, 1.82) is 0 Å². The first-order valence-corrected chi connectivity index (χ1v) is 11.0. The van der Waals surface area contributed by atoms with Crippen molar-refractivity contribution in [2.75, 3.05) is 31.1 Å². The fourth-order valence-electron chi connectivity index (χ4n) is 2.92. The quantitative estimate of drug-likeness (QED) is 0.466. The molecule has 0 aliphatic carbocycles. The fourth-order valence-corrected chi connectivity index (χ4v) is 6.46. The second-order valence-corrected chi connectivity index (χ2v) is 10.2. The molecule has 0 radical (unpaired) electrons. The first kappa shape index (κ1) is 22.1. The zero-order valence-electron chi connectivity index (χ0n) is 14.3. The van der Waals surface area contributed by atoms with Gasteiger partial charge < -0.3 is 4.90 Å². The standard InChI is InChI=1S/C15H12Cl2F3N3O4S2/c16-13-8-12(14(17)28-13)29(26,27)22-5-3-21(4-6-22)10-2-1-9(15(18,19)20)7-11(10)23(24)25/h1-2,7-8H,3-6H2. The summed E-state index contributed by atoms with van der Waals surface area (Å²) < 4.78 is 65.4. The third kappa shape index (κ3) is 4.45. The molecule has 1 aromatic heterocycles. The number of hydrogen-bond acceptors (Lipinski definition) is 6. The Morgan fingerprint density at radius 1 is 1.10 bits per heavy atom.